The number of halogens is 1. The zero-order valence-corrected chi connectivity index (χ0v) is 27.7. The molecular weight excluding hydrogens is 658 g/mol. The van der Waals surface area contributed by atoms with Crippen LogP contribution in [0, 0.1) is 5.92 Å². The minimum absolute atomic E-state index is 0.131. The van der Waals surface area contributed by atoms with Gasteiger partial charge >= 0.3 is 18.0 Å². The van der Waals surface area contributed by atoms with Crippen LogP contribution in [-0.2, 0) is 30.2 Å². The van der Waals surface area contributed by atoms with E-state index in [0.29, 0.717) is 5.02 Å². The van der Waals surface area contributed by atoms with Crippen molar-refractivity contribution in [1.29, 1.82) is 0 Å². The Labute approximate surface area is 287 Å². The molecule has 2 aromatic heterocycles. The Morgan fingerprint density at radius 3 is 2.31 bits per heavy atom. The van der Waals surface area contributed by atoms with E-state index >= 15 is 0 Å². The molecule has 0 radical (unpaired) electrons. The van der Waals surface area contributed by atoms with Crippen LogP contribution in [0.2, 0.25) is 5.02 Å². The van der Waals surface area contributed by atoms with Gasteiger partial charge in [-0.25, -0.2) is 19.4 Å². The number of benzene rings is 2. The number of carbonyl (C=O) groups excluding carboxylic acids is 4. The second kappa shape index (κ2) is 17.1. The molecular formula is C34H36ClN5O9. The number of nitrogens with zero attached hydrogens (tertiary/aromatic N) is 3. The molecule has 4 rings (SSSR count). The number of aliphatic hydroxyl groups is 1. The van der Waals surface area contributed by atoms with Crippen LogP contribution in [0.1, 0.15) is 36.3 Å². The van der Waals surface area contributed by atoms with Gasteiger partial charge in [0.2, 0.25) is 12.7 Å². The molecule has 3 atom stereocenters. The molecule has 0 saturated carbocycles. The number of aromatic hydroxyl groups is 1. The lowest BCUT2D eigenvalue weighted by Crippen LogP contribution is -2.45. The lowest BCUT2D eigenvalue weighted by molar-refractivity contribution is -0.175. The fraction of sp³-hybridized carbons (Fsp3) is 0.294. The number of amides is 2. The first-order chi connectivity index (χ1) is 23.4. The van der Waals surface area contributed by atoms with Crippen molar-refractivity contribution in [3.05, 3.63) is 95.3 Å². The second-order valence-corrected chi connectivity index (χ2v) is 11.7. The van der Waals surface area contributed by atoms with Gasteiger partial charge in [0.1, 0.15) is 6.04 Å². The van der Waals surface area contributed by atoms with Gasteiger partial charge < -0.3 is 35.1 Å². The number of pyridine rings is 1. The number of aromatic nitrogens is 3. The zero-order chi connectivity index (χ0) is 35.5. The molecule has 0 bridgehead atoms. The van der Waals surface area contributed by atoms with E-state index < -0.39 is 48.9 Å². The van der Waals surface area contributed by atoms with Crippen molar-refractivity contribution in [2.24, 2.45) is 5.92 Å². The summed E-state index contributed by atoms with van der Waals surface area (Å²) in [5.41, 5.74) is 2.45. The SMILES string of the molecule is COC(=O)N[C@H](C(=O)OCOC(=O)[C@H](O)C[C@@H](Cc1ccc(-c2cccc(Cl)c2)cc1)NC(=O)c1cc(O)n(-c2ccccn2)n1)C(C)C. The number of hydrogen-bond donors (Lipinski definition) is 4. The van der Waals surface area contributed by atoms with E-state index in [0.717, 1.165) is 28.5 Å². The van der Waals surface area contributed by atoms with Gasteiger partial charge in [-0.05, 0) is 53.3 Å². The van der Waals surface area contributed by atoms with Gasteiger partial charge in [0.05, 0.1) is 7.11 Å². The molecule has 2 heterocycles. The van der Waals surface area contributed by atoms with Crippen molar-refractivity contribution in [1.82, 2.24) is 25.4 Å². The molecule has 2 aromatic carbocycles. The van der Waals surface area contributed by atoms with Gasteiger partial charge in [0.25, 0.3) is 5.91 Å². The van der Waals surface area contributed by atoms with Crippen molar-refractivity contribution in [2.75, 3.05) is 13.9 Å². The van der Waals surface area contributed by atoms with Gasteiger partial charge in [-0.15, -0.1) is 0 Å². The van der Waals surface area contributed by atoms with E-state index in [1.165, 1.54) is 12.3 Å². The smallest absolute Gasteiger partial charge is 0.407 e. The number of carbonyl (C=O) groups is 4. The number of aliphatic hydroxyl groups excluding tert-OH is 1. The summed E-state index contributed by atoms with van der Waals surface area (Å²) in [7, 11) is 1.14. The fourth-order valence-corrected chi connectivity index (χ4v) is 4.94. The molecule has 0 aliphatic rings. The van der Waals surface area contributed by atoms with Crippen molar-refractivity contribution in [3.8, 4) is 22.8 Å². The first-order valence-corrected chi connectivity index (χ1v) is 15.5. The third-order valence-electron chi connectivity index (χ3n) is 7.28. The van der Waals surface area contributed by atoms with Gasteiger partial charge in [0, 0.05) is 29.7 Å². The average Bonchev–Trinajstić information content (AvgIpc) is 3.49. The maximum atomic E-state index is 13.3. The van der Waals surface area contributed by atoms with Crippen molar-refractivity contribution < 1.29 is 43.6 Å². The molecule has 49 heavy (non-hydrogen) atoms. The Morgan fingerprint density at radius 2 is 1.65 bits per heavy atom. The lowest BCUT2D eigenvalue weighted by Gasteiger charge is -2.22. The summed E-state index contributed by atoms with van der Waals surface area (Å²) in [6.45, 7) is 2.51. The van der Waals surface area contributed by atoms with Crippen LogP contribution in [0.4, 0.5) is 4.79 Å². The Kier molecular flexibility index (Phi) is 12.7. The highest BCUT2D eigenvalue weighted by molar-refractivity contribution is 6.30. The van der Waals surface area contributed by atoms with E-state index in [9.17, 15) is 29.4 Å². The largest absolute Gasteiger partial charge is 0.493 e. The molecule has 0 saturated heterocycles. The first kappa shape index (κ1) is 36.4. The van der Waals surface area contributed by atoms with Gasteiger partial charge in [-0.2, -0.15) is 9.78 Å². The molecule has 4 aromatic rings. The van der Waals surface area contributed by atoms with Crippen LogP contribution >= 0.6 is 11.6 Å². The van der Waals surface area contributed by atoms with Crippen LogP contribution in [0.5, 0.6) is 5.88 Å². The number of methoxy groups -OCH3 is 1. The van der Waals surface area contributed by atoms with Gasteiger partial charge in [0.15, 0.2) is 17.6 Å². The summed E-state index contributed by atoms with van der Waals surface area (Å²) in [5, 5.41) is 31.0. The quantitative estimate of drug-likeness (QED) is 0.111. The lowest BCUT2D eigenvalue weighted by atomic mass is 9.97. The predicted molar refractivity (Wildman–Crippen MR) is 177 cm³/mol. The zero-order valence-electron chi connectivity index (χ0n) is 26.9. The second-order valence-electron chi connectivity index (χ2n) is 11.2. The van der Waals surface area contributed by atoms with E-state index in [2.05, 4.69) is 25.5 Å². The molecule has 0 fully saturated rings. The molecule has 0 aliphatic carbocycles. The Balaban J connectivity index is 1.45. The van der Waals surface area contributed by atoms with Crippen LogP contribution < -0.4 is 10.6 Å². The predicted octanol–water partition coefficient (Wildman–Crippen LogP) is 3.81. The standard InChI is InChI=1S/C34H36ClN5O9/c1-20(2)30(38-34(46)47-3)33(45)49-19-48-32(44)27(41)17-25(15-21-10-12-22(13-11-21)23-7-6-8-24(35)16-23)37-31(43)26-18-29(42)40(39-26)28-9-4-5-14-36-28/h4-14,16,18,20,25,27,30,41-42H,15,17,19H2,1-3H3,(H,37,43)(H,38,46)/t25-,27-,30+/m1/s1. The van der Waals surface area contributed by atoms with Crippen LogP contribution in [0.3, 0.4) is 0 Å². The van der Waals surface area contributed by atoms with E-state index in [-0.39, 0.29) is 36.2 Å². The molecule has 4 N–H and O–H groups in total. The maximum Gasteiger partial charge on any atom is 0.407 e. The summed E-state index contributed by atoms with van der Waals surface area (Å²) >= 11 is 6.14. The highest BCUT2D eigenvalue weighted by Gasteiger charge is 2.28. The average molecular weight is 694 g/mol. The summed E-state index contributed by atoms with van der Waals surface area (Å²) in [6, 6.07) is 19.1. The minimum atomic E-state index is -1.73. The maximum absolute atomic E-state index is 13.3. The minimum Gasteiger partial charge on any atom is -0.493 e. The van der Waals surface area contributed by atoms with Crippen LogP contribution in [0.15, 0.2) is 79.0 Å². The number of esters is 2. The molecule has 15 heteroatoms. The normalized spacial score (nSPS) is 12.8. The highest BCUT2D eigenvalue weighted by atomic mass is 35.5. The van der Waals surface area contributed by atoms with Crippen LogP contribution in [-0.4, -0.2) is 81.0 Å². The summed E-state index contributed by atoms with van der Waals surface area (Å²) in [4.78, 5) is 54.1. The summed E-state index contributed by atoms with van der Waals surface area (Å²) < 4.78 is 15.6. The Bertz CT molecular complexity index is 1750. The Hall–Kier alpha value is -5.47. The summed E-state index contributed by atoms with van der Waals surface area (Å²) in [5.74, 6) is -3.07. The third-order valence-corrected chi connectivity index (χ3v) is 7.52. The van der Waals surface area contributed by atoms with E-state index in [1.54, 1.807) is 38.1 Å². The monoisotopic (exact) mass is 693 g/mol. The third kappa shape index (κ3) is 10.3. The molecule has 258 valence electrons. The number of nitrogens with one attached hydrogen (secondary N) is 2. The number of rotatable bonds is 14. The molecule has 14 nitrogen and oxygen atoms in total. The first-order valence-electron chi connectivity index (χ1n) is 15.2. The highest BCUT2D eigenvalue weighted by Crippen LogP contribution is 2.24. The van der Waals surface area contributed by atoms with Crippen molar-refractivity contribution in [2.45, 2.75) is 44.9 Å². The number of hydrogen-bond acceptors (Lipinski definition) is 11. The van der Waals surface area contributed by atoms with E-state index in [4.69, 9.17) is 21.1 Å². The Morgan fingerprint density at radius 1 is 0.918 bits per heavy atom. The van der Waals surface area contributed by atoms with Gasteiger partial charge in [-0.3, -0.25) is 4.79 Å². The molecule has 0 unspecified atom stereocenters. The molecule has 0 aliphatic heterocycles. The molecule has 2 amide bonds. The van der Waals surface area contributed by atoms with Crippen molar-refractivity contribution in [3.63, 3.8) is 0 Å². The van der Waals surface area contributed by atoms with Crippen molar-refractivity contribution >= 4 is 35.5 Å². The topological polar surface area (TPSA) is 191 Å². The van der Waals surface area contributed by atoms with E-state index in [1.807, 2.05) is 42.5 Å². The number of ether oxygens (including phenoxy) is 3. The van der Waals surface area contributed by atoms with Crippen LogP contribution in [0.25, 0.3) is 16.9 Å². The fourth-order valence-electron chi connectivity index (χ4n) is 4.75. The number of alkyl carbamates (subject to hydrolysis) is 1. The van der Waals surface area contributed by atoms with Gasteiger partial charge in [-0.1, -0.05) is 67.9 Å². The summed E-state index contributed by atoms with van der Waals surface area (Å²) in [6.07, 6.45) is -1.17. The molecule has 0 spiro atoms.